The van der Waals surface area contributed by atoms with Gasteiger partial charge in [0.25, 0.3) is 11.8 Å². The third-order valence-electron chi connectivity index (χ3n) is 4.01. The number of imide groups is 1. The van der Waals surface area contributed by atoms with Gasteiger partial charge in [-0.3, -0.25) is 14.5 Å². The van der Waals surface area contributed by atoms with E-state index in [1.165, 1.54) is 18.1 Å². The van der Waals surface area contributed by atoms with Gasteiger partial charge in [-0.2, -0.15) is 0 Å². The molecule has 0 aromatic heterocycles. The Morgan fingerprint density at radius 1 is 1.19 bits per heavy atom. The molecule has 1 aliphatic rings. The SMILES string of the molecule is COC1=CC(=O)N(C(=O)C(CC(C)C)NC(=O)OC(C)(C)C)C1CC(C)C. The Morgan fingerprint density at radius 2 is 1.78 bits per heavy atom. The molecule has 1 heterocycles. The lowest BCUT2D eigenvalue weighted by Gasteiger charge is -2.31. The molecule has 0 radical (unpaired) electrons. The quantitative estimate of drug-likeness (QED) is 0.731. The Labute approximate surface area is 162 Å². The molecule has 0 bridgehead atoms. The van der Waals surface area contributed by atoms with Crippen LogP contribution in [-0.4, -0.2) is 47.6 Å². The summed E-state index contributed by atoms with van der Waals surface area (Å²) < 4.78 is 10.6. The lowest BCUT2D eigenvalue weighted by molar-refractivity contribution is -0.145. The molecule has 3 amide bonds. The van der Waals surface area contributed by atoms with Gasteiger partial charge in [0.2, 0.25) is 0 Å². The molecule has 2 atom stereocenters. The van der Waals surface area contributed by atoms with E-state index in [1.807, 2.05) is 27.7 Å². The molecule has 1 N–H and O–H groups in total. The summed E-state index contributed by atoms with van der Waals surface area (Å²) in [5, 5.41) is 2.64. The summed E-state index contributed by atoms with van der Waals surface area (Å²) in [7, 11) is 1.49. The standard InChI is InChI=1S/C20H34N2O5/c1-12(2)9-14(21-19(25)27-20(5,6)7)18(24)22-15(10-13(3)4)16(26-8)11-17(22)23/h11-15H,9-10H2,1-8H3,(H,21,25). The highest BCUT2D eigenvalue weighted by Gasteiger charge is 2.41. The summed E-state index contributed by atoms with van der Waals surface area (Å²) in [5.41, 5.74) is -0.677. The number of nitrogens with one attached hydrogen (secondary N) is 1. The van der Waals surface area contributed by atoms with E-state index in [0.29, 0.717) is 18.6 Å². The van der Waals surface area contributed by atoms with Crippen LogP contribution in [0.25, 0.3) is 0 Å². The van der Waals surface area contributed by atoms with Crippen LogP contribution in [0.3, 0.4) is 0 Å². The molecule has 2 unspecified atom stereocenters. The van der Waals surface area contributed by atoms with Crippen LogP contribution < -0.4 is 5.32 Å². The molecule has 0 fully saturated rings. The monoisotopic (exact) mass is 382 g/mol. The maximum absolute atomic E-state index is 13.2. The Hall–Kier alpha value is -2.05. The first-order chi connectivity index (χ1) is 12.4. The van der Waals surface area contributed by atoms with Crippen molar-refractivity contribution in [3.63, 3.8) is 0 Å². The van der Waals surface area contributed by atoms with Crippen LogP contribution in [0.1, 0.15) is 61.3 Å². The van der Waals surface area contributed by atoms with Crippen LogP contribution in [-0.2, 0) is 19.1 Å². The number of amides is 3. The molecule has 7 nitrogen and oxygen atoms in total. The van der Waals surface area contributed by atoms with Gasteiger partial charge in [0.1, 0.15) is 17.4 Å². The predicted octanol–water partition coefficient (Wildman–Crippen LogP) is 3.24. The van der Waals surface area contributed by atoms with Crippen molar-refractivity contribution in [3.05, 3.63) is 11.8 Å². The van der Waals surface area contributed by atoms with E-state index < -0.39 is 35.6 Å². The maximum atomic E-state index is 13.2. The minimum absolute atomic E-state index is 0.144. The van der Waals surface area contributed by atoms with Crippen molar-refractivity contribution in [2.24, 2.45) is 11.8 Å². The van der Waals surface area contributed by atoms with E-state index in [2.05, 4.69) is 5.32 Å². The molecule has 0 saturated heterocycles. The van der Waals surface area contributed by atoms with Crippen LogP contribution in [0.2, 0.25) is 0 Å². The van der Waals surface area contributed by atoms with E-state index in [4.69, 9.17) is 9.47 Å². The number of nitrogens with zero attached hydrogens (tertiary/aromatic N) is 1. The highest BCUT2D eigenvalue weighted by atomic mass is 16.6. The number of hydrogen-bond acceptors (Lipinski definition) is 5. The van der Waals surface area contributed by atoms with Gasteiger partial charge in [-0.15, -0.1) is 0 Å². The van der Waals surface area contributed by atoms with Gasteiger partial charge in [-0.05, 0) is 45.4 Å². The van der Waals surface area contributed by atoms with Gasteiger partial charge in [0.15, 0.2) is 0 Å². The molecule has 0 saturated carbocycles. The Morgan fingerprint density at radius 3 is 2.22 bits per heavy atom. The van der Waals surface area contributed by atoms with Crippen LogP contribution in [0, 0.1) is 11.8 Å². The van der Waals surface area contributed by atoms with E-state index in [0.717, 1.165) is 0 Å². The fraction of sp³-hybridized carbons (Fsp3) is 0.750. The Bertz CT molecular complexity index is 590. The van der Waals surface area contributed by atoms with Crippen molar-refractivity contribution in [1.29, 1.82) is 0 Å². The van der Waals surface area contributed by atoms with Crippen LogP contribution in [0.4, 0.5) is 4.79 Å². The summed E-state index contributed by atoms with van der Waals surface area (Å²) in [6.45, 7) is 13.2. The van der Waals surface area contributed by atoms with Crippen LogP contribution >= 0.6 is 0 Å². The first-order valence-corrected chi connectivity index (χ1v) is 9.47. The average Bonchev–Trinajstić information content (AvgIpc) is 2.78. The van der Waals surface area contributed by atoms with Gasteiger partial charge in [0.05, 0.1) is 13.2 Å². The third-order valence-corrected chi connectivity index (χ3v) is 4.01. The summed E-state index contributed by atoms with van der Waals surface area (Å²) in [6, 6.07) is -1.30. The highest BCUT2D eigenvalue weighted by molar-refractivity contribution is 6.06. The molecule has 0 aromatic carbocycles. The van der Waals surface area contributed by atoms with Crippen molar-refractivity contribution < 1.29 is 23.9 Å². The maximum Gasteiger partial charge on any atom is 0.408 e. The fourth-order valence-corrected chi connectivity index (χ4v) is 3.00. The molecule has 0 aliphatic carbocycles. The second-order valence-corrected chi connectivity index (χ2v) is 8.77. The molecule has 154 valence electrons. The lowest BCUT2D eigenvalue weighted by atomic mass is 9.99. The predicted molar refractivity (Wildman–Crippen MR) is 103 cm³/mol. The molecule has 0 aromatic rings. The summed E-state index contributed by atoms with van der Waals surface area (Å²) >= 11 is 0. The fourth-order valence-electron chi connectivity index (χ4n) is 3.00. The van der Waals surface area contributed by atoms with Gasteiger partial charge in [-0.1, -0.05) is 27.7 Å². The number of carbonyl (C=O) groups excluding carboxylic acids is 3. The molecule has 27 heavy (non-hydrogen) atoms. The zero-order valence-electron chi connectivity index (χ0n) is 17.8. The second kappa shape index (κ2) is 9.24. The largest absolute Gasteiger partial charge is 0.499 e. The number of methoxy groups -OCH3 is 1. The molecule has 0 spiro atoms. The first kappa shape index (κ1) is 23.0. The number of alkyl carbamates (subject to hydrolysis) is 1. The van der Waals surface area contributed by atoms with Crippen molar-refractivity contribution in [2.75, 3.05) is 7.11 Å². The van der Waals surface area contributed by atoms with E-state index in [-0.39, 0.29) is 11.8 Å². The second-order valence-electron chi connectivity index (χ2n) is 8.77. The number of rotatable bonds is 7. The minimum atomic E-state index is -0.844. The topological polar surface area (TPSA) is 84.9 Å². The molecule has 1 aliphatic heterocycles. The van der Waals surface area contributed by atoms with Crippen LogP contribution in [0.5, 0.6) is 0 Å². The molecular formula is C20H34N2O5. The summed E-state index contributed by atoms with van der Waals surface area (Å²) in [6.07, 6.45) is 1.68. The van der Waals surface area contributed by atoms with Crippen molar-refractivity contribution in [1.82, 2.24) is 10.2 Å². The van der Waals surface area contributed by atoms with Crippen molar-refractivity contribution in [2.45, 2.75) is 79.0 Å². The van der Waals surface area contributed by atoms with Gasteiger partial charge < -0.3 is 14.8 Å². The normalized spacial score (nSPS) is 18.6. The molecular weight excluding hydrogens is 348 g/mol. The number of carbonyl (C=O) groups is 3. The van der Waals surface area contributed by atoms with Gasteiger partial charge >= 0.3 is 6.09 Å². The van der Waals surface area contributed by atoms with Gasteiger partial charge in [0, 0.05) is 6.08 Å². The van der Waals surface area contributed by atoms with E-state index in [1.54, 1.807) is 20.8 Å². The van der Waals surface area contributed by atoms with Crippen LogP contribution in [0.15, 0.2) is 11.8 Å². The Kier molecular flexibility index (Phi) is 7.87. The zero-order chi connectivity index (χ0) is 20.9. The highest BCUT2D eigenvalue weighted by Crippen LogP contribution is 2.27. The summed E-state index contributed by atoms with van der Waals surface area (Å²) in [4.78, 5) is 39.1. The Balaban J connectivity index is 3.05. The number of hydrogen-bond donors (Lipinski definition) is 1. The lowest BCUT2D eigenvalue weighted by Crippen LogP contribution is -2.53. The molecule has 1 rings (SSSR count). The first-order valence-electron chi connectivity index (χ1n) is 9.47. The van der Waals surface area contributed by atoms with E-state index >= 15 is 0 Å². The van der Waals surface area contributed by atoms with E-state index in [9.17, 15) is 14.4 Å². The van der Waals surface area contributed by atoms with Crippen molar-refractivity contribution in [3.8, 4) is 0 Å². The van der Waals surface area contributed by atoms with Gasteiger partial charge in [-0.25, -0.2) is 4.79 Å². The third kappa shape index (κ3) is 6.88. The zero-order valence-corrected chi connectivity index (χ0v) is 17.8. The average molecular weight is 383 g/mol. The number of ether oxygens (including phenoxy) is 2. The smallest absolute Gasteiger partial charge is 0.408 e. The molecule has 7 heteroatoms. The van der Waals surface area contributed by atoms with Crippen molar-refractivity contribution >= 4 is 17.9 Å². The minimum Gasteiger partial charge on any atom is -0.499 e. The summed E-state index contributed by atoms with van der Waals surface area (Å²) in [5.74, 6) is 0.0282.